The van der Waals surface area contributed by atoms with E-state index in [2.05, 4.69) is 5.32 Å². The van der Waals surface area contributed by atoms with Gasteiger partial charge in [0.25, 0.3) is 0 Å². The van der Waals surface area contributed by atoms with Gasteiger partial charge in [-0.1, -0.05) is 6.92 Å². The summed E-state index contributed by atoms with van der Waals surface area (Å²) in [6.07, 6.45) is 0.244. The molecule has 1 rings (SSSR count). The molecule has 0 radical (unpaired) electrons. The maximum atomic E-state index is 11.1. The Morgan fingerprint density at radius 3 is 2.71 bits per heavy atom. The number of nitrogens with one attached hydrogen (secondary N) is 1. The van der Waals surface area contributed by atoms with Crippen LogP contribution in [0.4, 0.5) is 0 Å². The summed E-state index contributed by atoms with van der Waals surface area (Å²) >= 11 is 1.38. The van der Waals surface area contributed by atoms with E-state index in [4.69, 9.17) is 0 Å². The van der Waals surface area contributed by atoms with Crippen LogP contribution < -0.4 is 5.32 Å². The molecule has 2 atom stereocenters. The molecule has 0 spiro atoms. The van der Waals surface area contributed by atoms with Crippen molar-refractivity contribution in [2.45, 2.75) is 25.5 Å². The SMILES string of the molecule is CC(=O)C(C)CSC1CC(=O)NC1=O. The third-order valence-corrected chi connectivity index (χ3v) is 3.64. The van der Waals surface area contributed by atoms with Gasteiger partial charge in [0, 0.05) is 18.1 Å². The van der Waals surface area contributed by atoms with Crippen LogP contribution in [0.3, 0.4) is 0 Å². The molecule has 1 saturated heterocycles. The molecule has 2 amide bonds. The molecule has 1 N–H and O–H groups in total. The van der Waals surface area contributed by atoms with Gasteiger partial charge in [0.05, 0.1) is 5.25 Å². The number of thioether (sulfide) groups is 1. The Bertz CT molecular complexity index is 277. The molecule has 0 aromatic rings. The van der Waals surface area contributed by atoms with Crippen molar-refractivity contribution in [2.24, 2.45) is 5.92 Å². The summed E-state index contributed by atoms with van der Waals surface area (Å²) in [6, 6.07) is 0. The third-order valence-electron chi connectivity index (χ3n) is 2.17. The first-order valence-corrected chi connectivity index (χ1v) is 5.51. The van der Waals surface area contributed by atoms with Gasteiger partial charge in [0.1, 0.15) is 5.78 Å². The fourth-order valence-corrected chi connectivity index (χ4v) is 2.28. The smallest absolute Gasteiger partial charge is 0.240 e. The number of hydrogen-bond donors (Lipinski definition) is 1. The molecule has 5 heteroatoms. The molecule has 14 heavy (non-hydrogen) atoms. The molecule has 1 aliphatic heterocycles. The molecule has 1 aliphatic rings. The molecule has 78 valence electrons. The van der Waals surface area contributed by atoms with E-state index in [1.165, 1.54) is 18.7 Å². The minimum absolute atomic E-state index is 0.0523. The van der Waals surface area contributed by atoms with Crippen LogP contribution in [0.2, 0.25) is 0 Å². The molecule has 0 aromatic carbocycles. The summed E-state index contributed by atoms with van der Waals surface area (Å²) < 4.78 is 0. The maximum Gasteiger partial charge on any atom is 0.240 e. The lowest BCUT2D eigenvalue weighted by Gasteiger charge is -2.09. The second-order valence-corrected chi connectivity index (χ2v) is 4.69. The first-order chi connectivity index (χ1) is 6.50. The first-order valence-electron chi connectivity index (χ1n) is 4.46. The zero-order valence-corrected chi connectivity index (χ0v) is 9.02. The minimum atomic E-state index is -0.302. The van der Waals surface area contributed by atoms with E-state index < -0.39 is 0 Å². The van der Waals surface area contributed by atoms with Crippen LogP contribution in [-0.2, 0) is 14.4 Å². The number of ketones is 1. The van der Waals surface area contributed by atoms with Crippen LogP contribution in [0.25, 0.3) is 0 Å². The summed E-state index contributed by atoms with van der Waals surface area (Å²) in [7, 11) is 0. The monoisotopic (exact) mass is 215 g/mol. The highest BCUT2D eigenvalue weighted by Gasteiger charge is 2.31. The van der Waals surface area contributed by atoms with Crippen molar-refractivity contribution in [1.29, 1.82) is 0 Å². The average molecular weight is 215 g/mol. The first kappa shape index (κ1) is 11.2. The Kier molecular flexibility index (Phi) is 3.69. The standard InChI is InChI=1S/C9H13NO3S/c1-5(6(2)11)4-14-7-3-8(12)10-9(7)13/h5,7H,3-4H2,1-2H3,(H,10,12,13). The topological polar surface area (TPSA) is 63.2 Å². The number of hydrogen-bond acceptors (Lipinski definition) is 4. The number of rotatable bonds is 4. The van der Waals surface area contributed by atoms with Crippen LogP contribution in [0.1, 0.15) is 20.3 Å². The predicted molar refractivity (Wildman–Crippen MR) is 53.9 cm³/mol. The summed E-state index contributed by atoms with van der Waals surface area (Å²) in [5, 5.41) is 1.93. The van der Waals surface area contributed by atoms with Gasteiger partial charge >= 0.3 is 0 Å². The summed E-state index contributed by atoms with van der Waals surface area (Å²) in [5.41, 5.74) is 0. The van der Waals surface area contributed by atoms with Crippen molar-refractivity contribution in [3.63, 3.8) is 0 Å². The Morgan fingerprint density at radius 1 is 1.64 bits per heavy atom. The van der Waals surface area contributed by atoms with E-state index in [1.54, 1.807) is 0 Å². The van der Waals surface area contributed by atoms with E-state index in [0.717, 1.165) is 0 Å². The highest BCUT2D eigenvalue weighted by atomic mass is 32.2. The maximum absolute atomic E-state index is 11.1. The van der Waals surface area contributed by atoms with Crippen LogP contribution in [0.5, 0.6) is 0 Å². The van der Waals surface area contributed by atoms with Gasteiger partial charge in [-0.2, -0.15) is 0 Å². The second kappa shape index (κ2) is 4.59. The van der Waals surface area contributed by atoms with Crippen molar-refractivity contribution in [3.05, 3.63) is 0 Å². The van der Waals surface area contributed by atoms with Gasteiger partial charge in [0.2, 0.25) is 11.8 Å². The highest BCUT2D eigenvalue weighted by molar-refractivity contribution is 8.00. The van der Waals surface area contributed by atoms with Crippen molar-refractivity contribution in [2.75, 3.05) is 5.75 Å². The van der Waals surface area contributed by atoms with E-state index in [1.807, 2.05) is 6.92 Å². The molecular weight excluding hydrogens is 202 g/mol. The van der Waals surface area contributed by atoms with Crippen molar-refractivity contribution < 1.29 is 14.4 Å². The van der Waals surface area contributed by atoms with Crippen molar-refractivity contribution >= 4 is 29.4 Å². The lowest BCUT2D eigenvalue weighted by molar-refractivity contribution is -0.125. The molecule has 0 aromatic heterocycles. The lowest BCUT2D eigenvalue weighted by Crippen LogP contribution is -2.24. The highest BCUT2D eigenvalue weighted by Crippen LogP contribution is 2.21. The number of Topliss-reactive ketones (excluding diaryl/α,β-unsaturated/α-hetero) is 1. The van der Waals surface area contributed by atoms with Crippen molar-refractivity contribution in [3.8, 4) is 0 Å². The summed E-state index contributed by atoms with van der Waals surface area (Å²) in [5.74, 6) is 0.213. The van der Waals surface area contributed by atoms with Gasteiger partial charge in [-0.15, -0.1) is 11.8 Å². The quantitative estimate of drug-likeness (QED) is 0.688. The molecule has 0 aliphatic carbocycles. The molecule has 0 saturated carbocycles. The van der Waals surface area contributed by atoms with Gasteiger partial charge in [-0.25, -0.2) is 0 Å². The van der Waals surface area contributed by atoms with Gasteiger partial charge < -0.3 is 0 Å². The Morgan fingerprint density at radius 2 is 2.29 bits per heavy atom. The van der Waals surface area contributed by atoms with Gasteiger partial charge in [-0.05, 0) is 6.92 Å². The zero-order valence-electron chi connectivity index (χ0n) is 8.20. The van der Waals surface area contributed by atoms with Crippen molar-refractivity contribution in [1.82, 2.24) is 5.32 Å². The normalized spacial score (nSPS) is 23.4. The largest absolute Gasteiger partial charge is 0.300 e. The van der Waals surface area contributed by atoms with E-state index in [0.29, 0.717) is 5.75 Å². The van der Waals surface area contributed by atoms with Crippen LogP contribution in [-0.4, -0.2) is 28.6 Å². The Balaban J connectivity index is 2.35. The van der Waals surface area contributed by atoms with Crippen LogP contribution in [0, 0.1) is 5.92 Å². The number of amides is 2. The Labute approximate surface area is 86.8 Å². The molecule has 0 bridgehead atoms. The van der Waals surface area contributed by atoms with Gasteiger partial charge in [0.15, 0.2) is 0 Å². The summed E-state index contributed by atoms with van der Waals surface area (Å²) in [6.45, 7) is 3.36. The minimum Gasteiger partial charge on any atom is -0.300 e. The number of carbonyl (C=O) groups is 3. The van der Waals surface area contributed by atoms with Gasteiger partial charge in [-0.3, -0.25) is 19.7 Å². The second-order valence-electron chi connectivity index (χ2n) is 3.45. The lowest BCUT2D eigenvalue weighted by atomic mass is 10.1. The van der Waals surface area contributed by atoms with E-state index >= 15 is 0 Å². The molecule has 2 unspecified atom stereocenters. The number of carbonyl (C=O) groups excluding carboxylic acids is 3. The van der Waals surface area contributed by atoms with E-state index in [-0.39, 0.29) is 35.2 Å². The third kappa shape index (κ3) is 2.83. The molecule has 4 nitrogen and oxygen atoms in total. The molecule has 1 fully saturated rings. The average Bonchev–Trinajstić information content (AvgIpc) is 2.40. The van der Waals surface area contributed by atoms with Crippen LogP contribution >= 0.6 is 11.8 Å². The molecule has 1 heterocycles. The van der Waals surface area contributed by atoms with Crippen LogP contribution in [0.15, 0.2) is 0 Å². The summed E-state index contributed by atoms with van der Waals surface area (Å²) in [4.78, 5) is 32.9. The predicted octanol–water partition coefficient (Wildman–Crippen LogP) is 0.360. The molecular formula is C9H13NO3S. The fraction of sp³-hybridized carbons (Fsp3) is 0.667. The number of imide groups is 1. The Hall–Kier alpha value is -0.840. The zero-order chi connectivity index (χ0) is 10.7. The van der Waals surface area contributed by atoms with E-state index in [9.17, 15) is 14.4 Å². The fourth-order valence-electron chi connectivity index (χ4n) is 1.04.